The Morgan fingerprint density at radius 1 is 0.594 bits per heavy atom. The van der Waals surface area contributed by atoms with Crippen molar-refractivity contribution in [2.24, 2.45) is 5.92 Å². The highest BCUT2D eigenvalue weighted by Gasteiger charge is 2.53. The molecule has 0 saturated heterocycles. The van der Waals surface area contributed by atoms with Crippen molar-refractivity contribution >= 4 is 23.4 Å². The predicted octanol–water partition coefficient (Wildman–Crippen LogP) is 15.4. The summed E-state index contributed by atoms with van der Waals surface area (Å²) in [7, 11) is 0. The van der Waals surface area contributed by atoms with Crippen molar-refractivity contribution in [1.82, 2.24) is 0 Å². The molecule has 1 nitrogen and oxygen atoms in total. The van der Waals surface area contributed by atoms with Gasteiger partial charge in [0.15, 0.2) is 0 Å². The van der Waals surface area contributed by atoms with Gasteiger partial charge in [-0.25, -0.2) is 0 Å². The first-order valence-electron chi connectivity index (χ1n) is 25.0. The fourth-order valence-corrected chi connectivity index (χ4v) is 11.4. The van der Waals surface area contributed by atoms with Crippen LogP contribution >= 0.6 is 0 Å². The molecule has 0 amide bonds. The minimum atomic E-state index is -1.16. The summed E-state index contributed by atoms with van der Waals surface area (Å²) in [5.74, 6) is -0.0139. The Balaban J connectivity index is 1.03. The van der Waals surface area contributed by atoms with Crippen molar-refractivity contribution < 1.29 is 5.48 Å². The molecule has 308 valence electrons. The summed E-state index contributed by atoms with van der Waals surface area (Å²) in [6.45, 7) is 0. The van der Waals surface area contributed by atoms with Gasteiger partial charge in [0.2, 0.25) is 0 Å². The molecule has 4 atom stereocenters. The van der Waals surface area contributed by atoms with Crippen LogP contribution in [0.1, 0.15) is 80.7 Å². The average Bonchev–Trinajstić information content (AvgIpc) is 3.70. The number of benzene rings is 7. The van der Waals surface area contributed by atoms with E-state index in [9.17, 15) is 5.48 Å². The molecular weight excluding hydrogens is 771 g/mol. The second-order valence-electron chi connectivity index (χ2n) is 17.7. The largest absolute Gasteiger partial charge is 0.335 e. The predicted molar refractivity (Wildman–Crippen MR) is 269 cm³/mol. The minimum Gasteiger partial charge on any atom is -0.335 e. The molecule has 0 saturated carbocycles. The lowest BCUT2D eigenvalue weighted by Gasteiger charge is -2.41. The van der Waals surface area contributed by atoms with Gasteiger partial charge >= 0.3 is 0 Å². The van der Waals surface area contributed by atoms with E-state index in [1.165, 1.54) is 33.4 Å². The molecule has 0 radical (unpaired) electrons. The fourth-order valence-electron chi connectivity index (χ4n) is 11.4. The molecule has 12 rings (SSSR count). The standard InChI is InChI=1S/C63H51N/c1-4-17-44(18-5-1)47-20-16-21-48(41-47)45-31-35-52(36-32-45)64(53-37-33-46(34-38-53)60-42-49-19-10-11-26-55(49)56-27-12-13-28-57(56)60)54-39-40-59-58-29-14-15-30-61(58)63(62(59)43-54,50-22-6-2-7-23-50)51-24-8-3-9-25-51/h1-10,13-25,28-37,39-43,53,59,62H,11-12,26-27,38H2/i33D,34D,37D,38D. The van der Waals surface area contributed by atoms with Gasteiger partial charge in [0.05, 0.1) is 15.6 Å². The maximum atomic E-state index is 10.1. The van der Waals surface area contributed by atoms with Crippen LogP contribution in [0.3, 0.4) is 0 Å². The molecule has 7 aromatic rings. The molecule has 0 spiro atoms. The highest BCUT2D eigenvalue weighted by molar-refractivity contribution is 5.86. The van der Waals surface area contributed by atoms with Gasteiger partial charge in [0, 0.05) is 24.6 Å². The first kappa shape index (κ1) is 34.3. The van der Waals surface area contributed by atoms with Gasteiger partial charge < -0.3 is 4.90 Å². The van der Waals surface area contributed by atoms with Gasteiger partial charge in [0.25, 0.3) is 0 Å². The smallest absolute Gasteiger partial charge is 0.0627 e. The summed E-state index contributed by atoms with van der Waals surface area (Å²) in [6.07, 6.45) is 18.3. The number of allylic oxidation sites excluding steroid dienone is 7. The molecule has 0 heterocycles. The molecule has 0 N–H and O–H groups in total. The monoisotopic (exact) mass is 825 g/mol. The third-order valence-corrected chi connectivity index (χ3v) is 14.3. The Morgan fingerprint density at radius 3 is 1.98 bits per heavy atom. The van der Waals surface area contributed by atoms with Crippen LogP contribution in [0, 0.1) is 5.92 Å². The second kappa shape index (κ2) is 16.2. The average molecular weight is 826 g/mol. The van der Waals surface area contributed by atoms with Gasteiger partial charge in [0.1, 0.15) is 0 Å². The zero-order valence-electron chi connectivity index (χ0n) is 39.8. The molecule has 0 fully saturated rings. The van der Waals surface area contributed by atoms with Crippen molar-refractivity contribution in [3.63, 3.8) is 0 Å². The Bertz CT molecular complexity index is 3250. The zero-order chi connectivity index (χ0) is 45.9. The van der Waals surface area contributed by atoms with Crippen molar-refractivity contribution in [3.05, 3.63) is 274 Å². The fraction of sp³-hybridized carbons (Fsp3) is 0.143. The van der Waals surface area contributed by atoms with Crippen molar-refractivity contribution in [2.45, 2.75) is 49.5 Å². The molecule has 64 heavy (non-hydrogen) atoms. The third kappa shape index (κ3) is 6.45. The molecular formula is C63H51N. The quantitative estimate of drug-likeness (QED) is 0.148. The first-order chi connectivity index (χ1) is 33.4. The van der Waals surface area contributed by atoms with Crippen molar-refractivity contribution in [3.8, 4) is 22.3 Å². The normalized spacial score (nSPS) is 22.3. The molecule has 5 aliphatic rings. The van der Waals surface area contributed by atoms with E-state index in [0.717, 1.165) is 76.0 Å². The molecule has 1 heteroatoms. The summed E-state index contributed by atoms with van der Waals surface area (Å²) in [5, 5.41) is 0. The maximum Gasteiger partial charge on any atom is 0.0627 e. The number of rotatable bonds is 8. The molecule has 0 aromatic heterocycles. The van der Waals surface area contributed by atoms with Crippen LogP contribution in [-0.2, 0) is 18.3 Å². The van der Waals surface area contributed by atoms with E-state index in [4.69, 9.17) is 0 Å². The number of nitrogens with zero attached hydrogens (tertiary/aromatic N) is 1. The van der Waals surface area contributed by atoms with Crippen LogP contribution in [0.5, 0.6) is 0 Å². The van der Waals surface area contributed by atoms with Crippen LogP contribution < -0.4 is 4.90 Å². The second-order valence-corrected chi connectivity index (χ2v) is 17.7. The Labute approximate surface area is 384 Å². The zero-order valence-corrected chi connectivity index (χ0v) is 35.8. The minimum absolute atomic E-state index is 0.0122. The van der Waals surface area contributed by atoms with Crippen LogP contribution in [0.4, 0.5) is 5.69 Å². The van der Waals surface area contributed by atoms with E-state index in [2.05, 4.69) is 211 Å². The van der Waals surface area contributed by atoms with E-state index in [0.29, 0.717) is 5.57 Å². The highest BCUT2D eigenvalue weighted by Crippen LogP contribution is 2.60. The topological polar surface area (TPSA) is 3.24 Å². The summed E-state index contributed by atoms with van der Waals surface area (Å²) in [6, 6.07) is 59.3. The van der Waals surface area contributed by atoms with Crippen LogP contribution in [0.15, 0.2) is 224 Å². The van der Waals surface area contributed by atoms with Gasteiger partial charge in [-0.1, -0.05) is 200 Å². The van der Waals surface area contributed by atoms with E-state index in [-0.39, 0.29) is 30.0 Å². The lowest BCUT2D eigenvalue weighted by molar-refractivity contribution is 0.452. The molecule has 4 unspecified atom stereocenters. The van der Waals surface area contributed by atoms with Crippen LogP contribution in [-0.4, -0.2) is 6.04 Å². The highest BCUT2D eigenvalue weighted by atomic mass is 15.2. The van der Waals surface area contributed by atoms with E-state index in [1.807, 2.05) is 6.07 Å². The maximum absolute atomic E-state index is 10.1. The van der Waals surface area contributed by atoms with E-state index >= 15 is 0 Å². The number of fused-ring (bicyclic) bond motifs is 6. The van der Waals surface area contributed by atoms with E-state index in [1.54, 1.807) is 0 Å². The molecule has 0 aliphatic heterocycles. The summed E-state index contributed by atoms with van der Waals surface area (Å²) >= 11 is 0. The van der Waals surface area contributed by atoms with Crippen LogP contribution in [0.2, 0.25) is 0 Å². The Hall–Kier alpha value is -7.22. The number of anilines is 1. The number of hydrogen-bond acceptors (Lipinski definition) is 1. The Kier molecular flexibility index (Phi) is 8.66. The molecule has 0 bridgehead atoms. The third-order valence-electron chi connectivity index (χ3n) is 14.3. The first-order valence-corrected chi connectivity index (χ1v) is 22.9. The van der Waals surface area contributed by atoms with Crippen molar-refractivity contribution in [1.29, 1.82) is 0 Å². The van der Waals surface area contributed by atoms with Gasteiger partial charge in [-0.2, -0.15) is 0 Å². The lowest BCUT2D eigenvalue weighted by Crippen LogP contribution is -2.38. The van der Waals surface area contributed by atoms with Crippen LogP contribution in [0.25, 0.3) is 40.0 Å². The van der Waals surface area contributed by atoms with Gasteiger partial charge in [-0.05, 0) is 140 Å². The Morgan fingerprint density at radius 2 is 1.23 bits per heavy atom. The summed E-state index contributed by atoms with van der Waals surface area (Å²) in [4.78, 5) is 2.10. The molecule has 7 aromatic carbocycles. The summed E-state index contributed by atoms with van der Waals surface area (Å²) in [5.41, 5.74) is 16.5. The lowest BCUT2D eigenvalue weighted by atomic mass is 9.63. The summed E-state index contributed by atoms with van der Waals surface area (Å²) < 4.78 is 40.0. The SMILES string of the molecule is [2H]C1=C([2H])C(N(C2=CC3C(C=C2)c2ccccc2C3(c2ccccc2)c2ccccc2)c2ccc(-c3cccc(-c4ccccc4)c3)cc2)C([2H])C([2H])=C1c1cc2c(c3c1C=CCC3)CCC=C2. The van der Waals surface area contributed by atoms with E-state index < -0.39 is 17.9 Å². The van der Waals surface area contributed by atoms with Gasteiger partial charge in [-0.3, -0.25) is 0 Å². The molecule has 5 aliphatic carbocycles. The van der Waals surface area contributed by atoms with Gasteiger partial charge in [-0.15, -0.1) is 0 Å². The number of hydrogen-bond donors (Lipinski definition) is 0. The van der Waals surface area contributed by atoms with Crippen molar-refractivity contribution in [2.75, 3.05) is 4.90 Å².